The number of anilines is 1. The van der Waals surface area contributed by atoms with Crippen LogP contribution in [-0.4, -0.2) is 38.3 Å². The number of aromatic nitrogens is 2. The van der Waals surface area contributed by atoms with Crippen molar-refractivity contribution in [1.29, 1.82) is 0 Å². The quantitative estimate of drug-likeness (QED) is 0.750. The second-order valence-electron chi connectivity index (χ2n) is 6.19. The number of hydrogen-bond donors (Lipinski definition) is 3. The summed E-state index contributed by atoms with van der Waals surface area (Å²) in [5.41, 5.74) is -0.119. The first-order valence-corrected chi connectivity index (χ1v) is 9.00. The van der Waals surface area contributed by atoms with Gasteiger partial charge in [-0.15, -0.1) is 0 Å². The first-order chi connectivity index (χ1) is 10.2. The molecule has 116 valence electrons. The van der Waals surface area contributed by atoms with Crippen LogP contribution in [0.2, 0.25) is 0 Å². The third kappa shape index (κ3) is 3.43. The Labute approximate surface area is 129 Å². The highest BCUT2D eigenvalue weighted by Gasteiger charge is 2.39. The number of carbonyl (C=O) groups is 1. The molecule has 1 aliphatic heterocycles. The van der Waals surface area contributed by atoms with Gasteiger partial charge >= 0.3 is 0 Å². The maximum atomic E-state index is 12.1. The Bertz CT molecular complexity index is 489. The minimum atomic E-state index is -1.23. The average Bonchev–Trinajstić information content (AvgIpc) is 3.02. The Morgan fingerprint density at radius 2 is 2.14 bits per heavy atom. The van der Waals surface area contributed by atoms with Crippen LogP contribution in [0, 0.1) is 0 Å². The molecule has 2 fully saturated rings. The van der Waals surface area contributed by atoms with Crippen molar-refractivity contribution >= 4 is 23.5 Å². The van der Waals surface area contributed by atoms with Gasteiger partial charge in [0, 0.05) is 23.4 Å². The van der Waals surface area contributed by atoms with E-state index in [1.807, 2.05) is 6.07 Å². The Kier molecular flexibility index (Phi) is 4.54. The zero-order valence-corrected chi connectivity index (χ0v) is 13.0. The van der Waals surface area contributed by atoms with E-state index in [-0.39, 0.29) is 5.91 Å². The van der Waals surface area contributed by atoms with Crippen molar-refractivity contribution < 1.29 is 9.90 Å². The van der Waals surface area contributed by atoms with E-state index < -0.39 is 5.60 Å². The van der Waals surface area contributed by atoms with Gasteiger partial charge in [-0.05, 0) is 25.0 Å². The van der Waals surface area contributed by atoms with Gasteiger partial charge in [0.25, 0.3) is 5.91 Å². The monoisotopic (exact) mass is 309 g/mol. The van der Waals surface area contributed by atoms with Gasteiger partial charge in [-0.3, -0.25) is 9.89 Å². The molecule has 1 saturated heterocycles. The summed E-state index contributed by atoms with van der Waals surface area (Å²) in [6.07, 6.45) is 8.07. The van der Waals surface area contributed by atoms with Crippen molar-refractivity contribution in [3.63, 3.8) is 0 Å². The number of H-pyrrole nitrogens is 1. The maximum absolute atomic E-state index is 12.1. The number of aliphatic hydroxyl groups is 1. The lowest BCUT2D eigenvalue weighted by Gasteiger charge is -2.19. The summed E-state index contributed by atoms with van der Waals surface area (Å²) in [6, 6.07) is 1.93. The number of carbonyl (C=O) groups excluding carboxylic acids is 1. The SMILES string of the molecule is O=C(Nc1cc(C2CCCCCC2)[nH]n1)[C@@]1(O)CCSC1. The third-order valence-corrected chi connectivity index (χ3v) is 5.73. The molecule has 1 aromatic rings. The summed E-state index contributed by atoms with van der Waals surface area (Å²) >= 11 is 1.61. The van der Waals surface area contributed by atoms with E-state index in [0.29, 0.717) is 23.9 Å². The van der Waals surface area contributed by atoms with Gasteiger partial charge in [-0.2, -0.15) is 16.9 Å². The van der Waals surface area contributed by atoms with Crippen molar-refractivity contribution in [3.05, 3.63) is 11.8 Å². The fourth-order valence-corrected chi connectivity index (χ4v) is 4.41. The predicted molar refractivity (Wildman–Crippen MR) is 84.6 cm³/mol. The molecule has 21 heavy (non-hydrogen) atoms. The van der Waals surface area contributed by atoms with Crippen molar-refractivity contribution in [1.82, 2.24) is 10.2 Å². The smallest absolute Gasteiger partial charge is 0.258 e. The van der Waals surface area contributed by atoms with E-state index in [2.05, 4.69) is 15.5 Å². The molecule has 1 saturated carbocycles. The van der Waals surface area contributed by atoms with E-state index in [9.17, 15) is 9.90 Å². The lowest BCUT2D eigenvalue weighted by Crippen LogP contribution is -2.42. The fraction of sp³-hybridized carbons (Fsp3) is 0.733. The van der Waals surface area contributed by atoms with Crippen molar-refractivity contribution in [3.8, 4) is 0 Å². The molecule has 3 N–H and O–H groups in total. The molecule has 0 aromatic carbocycles. The van der Waals surface area contributed by atoms with Crippen LogP contribution in [0.15, 0.2) is 6.07 Å². The minimum Gasteiger partial charge on any atom is -0.379 e. The molecular weight excluding hydrogens is 286 g/mol. The topological polar surface area (TPSA) is 78.0 Å². The molecule has 1 amide bonds. The summed E-state index contributed by atoms with van der Waals surface area (Å²) in [7, 11) is 0. The standard InChI is InChI=1S/C15H23N3O2S/c19-14(15(20)7-8-21-10-15)16-13-9-12(17-18-13)11-5-3-1-2-4-6-11/h9,11,20H,1-8,10H2,(H2,16,17,18,19)/t15-/m1/s1. The molecule has 1 aliphatic carbocycles. The normalized spacial score (nSPS) is 27.5. The lowest BCUT2D eigenvalue weighted by molar-refractivity contribution is -0.131. The molecule has 1 aromatic heterocycles. The number of amides is 1. The molecule has 1 atom stereocenters. The van der Waals surface area contributed by atoms with Crippen LogP contribution in [0.5, 0.6) is 0 Å². The predicted octanol–water partition coefficient (Wildman–Crippen LogP) is 2.65. The lowest BCUT2D eigenvalue weighted by atomic mass is 9.97. The summed E-state index contributed by atoms with van der Waals surface area (Å²) < 4.78 is 0. The number of nitrogens with zero attached hydrogens (tertiary/aromatic N) is 1. The molecule has 3 rings (SSSR count). The van der Waals surface area contributed by atoms with Crippen molar-refractivity contribution in [2.24, 2.45) is 0 Å². The Hall–Kier alpha value is -1.01. The van der Waals surface area contributed by atoms with Crippen LogP contribution in [0.4, 0.5) is 5.82 Å². The summed E-state index contributed by atoms with van der Waals surface area (Å²) in [4.78, 5) is 12.1. The largest absolute Gasteiger partial charge is 0.379 e. The number of nitrogens with one attached hydrogen (secondary N) is 2. The summed E-state index contributed by atoms with van der Waals surface area (Å²) in [5, 5.41) is 20.2. The molecule has 0 spiro atoms. The van der Waals surface area contributed by atoms with Crippen LogP contribution in [0.25, 0.3) is 0 Å². The number of thioether (sulfide) groups is 1. The first-order valence-electron chi connectivity index (χ1n) is 7.84. The Balaban J connectivity index is 1.63. The third-order valence-electron chi connectivity index (χ3n) is 4.56. The van der Waals surface area contributed by atoms with E-state index in [1.54, 1.807) is 11.8 Å². The van der Waals surface area contributed by atoms with Crippen LogP contribution in [0.1, 0.15) is 56.6 Å². The van der Waals surface area contributed by atoms with E-state index in [1.165, 1.54) is 38.5 Å². The molecule has 0 unspecified atom stereocenters. The van der Waals surface area contributed by atoms with Crippen LogP contribution in [0.3, 0.4) is 0 Å². The first kappa shape index (κ1) is 14.9. The van der Waals surface area contributed by atoms with Crippen LogP contribution < -0.4 is 5.32 Å². The zero-order valence-electron chi connectivity index (χ0n) is 12.2. The van der Waals surface area contributed by atoms with Crippen LogP contribution in [-0.2, 0) is 4.79 Å². The molecular formula is C15H23N3O2S. The summed E-state index contributed by atoms with van der Waals surface area (Å²) in [5.74, 6) is 2.03. The van der Waals surface area contributed by atoms with Crippen LogP contribution >= 0.6 is 11.8 Å². The fourth-order valence-electron chi connectivity index (χ4n) is 3.17. The van der Waals surface area contributed by atoms with Gasteiger partial charge in [-0.25, -0.2) is 0 Å². The van der Waals surface area contributed by atoms with E-state index >= 15 is 0 Å². The molecule has 6 heteroatoms. The zero-order chi connectivity index (χ0) is 14.7. The van der Waals surface area contributed by atoms with Gasteiger partial charge in [0.2, 0.25) is 0 Å². The molecule has 0 bridgehead atoms. The minimum absolute atomic E-state index is 0.327. The highest BCUT2D eigenvalue weighted by atomic mass is 32.2. The maximum Gasteiger partial charge on any atom is 0.258 e. The van der Waals surface area contributed by atoms with Gasteiger partial charge in [0.05, 0.1) is 0 Å². The number of aromatic amines is 1. The summed E-state index contributed by atoms with van der Waals surface area (Å²) in [6.45, 7) is 0. The highest BCUT2D eigenvalue weighted by molar-refractivity contribution is 7.99. The van der Waals surface area contributed by atoms with Crippen molar-refractivity contribution in [2.75, 3.05) is 16.8 Å². The van der Waals surface area contributed by atoms with Gasteiger partial charge < -0.3 is 10.4 Å². The van der Waals surface area contributed by atoms with Gasteiger partial charge in [0.15, 0.2) is 11.4 Å². The highest BCUT2D eigenvalue weighted by Crippen LogP contribution is 2.32. The molecule has 2 heterocycles. The van der Waals surface area contributed by atoms with Gasteiger partial charge in [0.1, 0.15) is 0 Å². The average molecular weight is 309 g/mol. The van der Waals surface area contributed by atoms with Crippen molar-refractivity contribution in [2.45, 2.75) is 56.5 Å². The van der Waals surface area contributed by atoms with E-state index in [0.717, 1.165) is 11.4 Å². The van der Waals surface area contributed by atoms with E-state index in [4.69, 9.17) is 0 Å². The molecule has 5 nitrogen and oxygen atoms in total. The Morgan fingerprint density at radius 1 is 1.38 bits per heavy atom. The molecule has 2 aliphatic rings. The number of rotatable bonds is 3. The Morgan fingerprint density at radius 3 is 2.81 bits per heavy atom. The van der Waals surface area contributed by atoms with Gasteiger partial charge in [-0.1, -0.05) is 25.7 Å². The molecule has 0 radical (unpaired) electrons. The second-order valence-corrected chi connectivity index (χ2v) is 7.29. The second kappa shape index (κ2) is 6.40. The number of hydrogen-bond acceptors (Lipinski definition) is 4.